The molecule has 0 saturated carbocycles. The Morgan fingerprint density at radius 1 is 1.21 bits per heavy atom. The number of hydrogen-bond donors (Lipinski definition) is 2. The Morgan fingerprint density at radius 3 is 2.83 bits per heavy atom. The van der Waals surface area contributed by atoms with E-state index in [1.54, 1.807) is 4.57 Å². The zero-order chi connectivity index (χ0) is 20.5. The monoisotopic (exact) mass is 412 g/mol. The number of thioether (sulfide) groups is 1. The van der Waals surface area contributed by atoms with Gasteiger partial charge in [-0.3, -0.25) is 9.36 Å². The Labute approximate surface area is 173 Å². The van der Waals surface area contributed by atoms with E-state index in [0.717, 1.165) is 23.3 Å². The van der Waals surface area contributed by atoms with Crippen molar-refractivity contribution in [2.45, 2.75) is 25.0 Å². The summed E-state index contributed by atoms with van der Waals surface area (Å²) in [6.45, 7) is 3.31. The van der Waals surface area contributed by atoms with Crippen LogP contribution in [0.5, 0.6) is 5.75 Å². The third-order valence-electron chi connectivity index (χ3n) is 4.21. The summed E-state index contributed by atoms with van der Waals surface area (Å²) in [6.07, 6.45) is 0.719. The molecule has 1 aromatic heterocycles. The highest BCUT2D eigenvalue weighted by Gasteiger charge is 2.11. The van der Waals surface area contributed by atoms with E-state index >= 15 is 0 Å². The largest absolute Gasteiger partial charge is 0.492 e. The third kappa shape index (κ3) is 6.53. The predicted octanol–water partition coefficient (Wildman–Crippen LogP) is 2.41. The molecular weight excluding hydrogens is 388 g/mol. The number of aromatic nitrogens is 3. The zero-order valence-electron chi connectivity index (χ0n) is 16.3. The SMILES string of the molecule is Cc1cccc(OCCNC(=O)CSc2n[nH]c(=O)n2CCc2ccccc2)c1. The van der Waals surface area contributed by atoms with Gasteiger partial charge in [-0.25, -0.2) is 9.89 Å². The molecular formula is C21H24N4O3S. The molecule has 0 radical (unpaired) electrons. The number of aryl methyl sites for hydroxylation is 2. The highest BCUT2D eigenvalue weighted by molar-refractivity contribution is 7.99. The lowest BCUT2D eigenvalue weighted by atomic mass is 10.1. The van der Waals surface area contributed by atoms with E-state index in [2.05, 4.69) is 15.5 Å². The Hall–Kier alpha value is -3.00. The molecule has 0 unspecified atom stereocenters. The minimum absolute atomic E-state index is 0.132. The van der Waals surface area contributed by atoms with E-state index in [0.29, 0.717) is 24.9 Å². The van der Waals surface area contributed by atoms with Crippen molar-refractivity contribution in [2.75, 3.05) is 18.9 Å². The lowest BCUT2D eigenvalue weighted by Crippen LogP contribution is -2.29. The topological polar surface area (TPSA) is 89.0 Å². The summed E-state index contributed by atoms with van der Waals surface area (Å²) in [5.41, 5.74) is 2.00. The van der Waals surface area contributed by atoms with Gasteiger partial charge in [-0.1, -0.05) is 54.2 Å². The molecule has 7 nitrogen and oxygen atoms in total. The number of aromatic amines is 1. The van der Waals surface area contributed by atoms with Crippen molar-refractivity contribution in [3.63, 3.8) is 0 Å². The molecule has 0 saturated heterocycles. The van der Waals surface area contributed by atoms with Gasteiger partial charge >= 0.3 is 5.69 Å². The fraction of sp³-hybridized carbons (Fsp3) is 0.286. The van der Waals surface area contributed by atoms with Gasteiger partial charge < -0.3 is 10.1 Å². The van der Waals surface area contributed by atoms with Gasteiger partial charge in [0.05, 0.1) is 12.3 Å². The standard InChI is InChI=1S/C21H24N4O3S/c1-16-6-5-9-18(14-16)28-13-11-22-19(26)15-29-21-24-23-20(27)25(21)12-10-17-7-3-2-4-8-17/h2-9,14H,10-13,15H2,1H3,(H,22,26)(H,23,27). The van der Waals surface area contributed by atoms with Crippen LogP contribution in [-0.2, 0) is 17.8 Å². The van der Waals surface area contributed by atoms with E-state index < -0.39 is 0 Å². The minimum atomic E-state index is -0.268. The molecule has 0 fully saturated rings. The van der Waals surface area contributed by atoms with E-state index in [1.165, 1.54) is 11.8 Å². The molecule has 0 aliphatic heterocycles. The fourth-order valence-electron chi connectivity index (χ4n) is 2.74. The number of nitrogens with one attached hydrogen (secondary N) is 2. The number of benzene rings is 2. The van der Waals surface area contributed by atoms with Crippen molar-refractivity contribution < 1.29 is 9.53 Å². The molecule has 0 bridgehead atoms. The number of carbonyl (C=O) groups is 1. The van der Waals surface area contributed by atoms with Crippen LogP contribution in [0, 0.1) is 6.92 Å². The number of hydrogen-bond acceptors (Lipinski definition) is 5. The summed E-state index contributed by atoms with van der Waals surface area (Å²) in [7, 11) is 0. The lowest BCUT2D eigenvalue weighted by Gasteiger charge is -2.08. The summed E-state index contributed by atoms with van der Waals surface area (Å²) in [5.74, 6) is 0.834. The number of rotatable bonds is 10. The molecule has 0 spiro atoms. The maximum Gasteiger partial charge on any atom is 0.343 e. The number of amides is 1. The molecule has 3 aromatic rings. The average Bonchev–Trinajstić information content (AvgIpc) is 3.08. The summed E-state index contributed by atoms with van der Waals surface area (Å²) in [6, 6.07) is 17.7. The van der Waals surface area contributed by atoms with Crippen LogP contribution >= 0.6 is 11.8 Å². The highest BCUT2D eigenvalue weighted by Crippen LogP contribution is 2.14. The van der Waals surface area contributed by atoms with Crippen LogP contribution in [0.3, 0.4) is 0 Å². The minimum Gasteiger partial charge on any atom is -0.492 e. The summed E-state index contributed by atoms with van der Waals surface area (Å²) in [4.78, 5) is 24.1. The quantitative estimate of drug-likeness (QED) is 0.394. The second-order valence-electron chi connectivity index (χ2n) is 6.50. The normalized spacial score (nSPS) is 10.7. The second-order valence-corrected chi connectivity index (χ2v) is 7.44. The van der Waals surface area contributed by atoms with Crippen LogP contribution in [0.25, 0.3) is 0 Å². The summed E-state index contributed by atoms with van der Waals surface area (Å²) >= 11 is 1.24. The van der Waals surface area contributed by atoms with Gasteiger partial charge in [0, 0.05) is 6.54 Å². The average molecular weight is 413 g/mol. The molecule has 152 valence electrons. The molecule has 29 heavy (non-hydrogen) atoms. The number of ether oxygens (including phenoxy) is 1. The van der Waals surface area contributed by atoms with Gasteiger partial charge in [0.15, 0.2) is 5.16 Å². The zero-order valence-corrected chi connectivity index (χ0v) is 17.1. The molecule has 0 aliphatic carbocycles. The molecule has 3 rings (SSSR count). The van der Waals surface area contributed by atoms with Crippen molar-refractivity contribution in [3.8, 4) is 5.75 Å². The van der Waals surface area contributed by atoms with Crippen LogP contribution in [0.4, 0.5) is 0 Å². The van der Waals surface area contributed by atoms with Gasteiger partial charge in [0.1, 0.15) is 12.4 Å². The number of H-pyrrole nitrogens is 1. The van der Waals surface area contributed by atoms with Gasteiger partial charge in [-0.2, -0.15) is 0 Å². The Balaban J connectivity index is 1.41. The van der Waals surface area contributed by atoms with E-state index in [1.807, 2.05) is 61.5 Å². The molecule has 2 aromatic carbocycles. The molecule has 1 heterocycles. The molecule has 8 heteroatoms. The van der Waals surface area contributed by atoms with Crippen LogP contribution < -0.4 is 15.7 Å². The first kappa shape index (κ1) is 20.7. The third-order valence-corrected chi connectivity index (χ3v) is 5.18. The summed E-state index contributed by atoms with van der Waals surface area (Å²) < 4.78 is 7.17. The Bertz CT molecular complexity index is 985. The maximum absolute atomic E-state index is 12.1. The Morgan fingerprint density at radius 2 is 2.03 bits per heavy atom. The van der Waals surface area contributed by atoms with Gasteiger partial charge in [-0.15, -0.1) is 5.10 Å². The first-order valence-corrected chi connectivity index (χ1v) is 10.4. The molecule has 2 N–H and O–H groups in total. The van der Waals surface area contributed by atoms with Crippen molar-refractivity contribution in [3.05, 3.63) is 76.2 Å². The molecule has 0 atom stereocenters. The Kier molecular flexibility index (Phi) is 7.52. The van der Waals surface area contributed by atoms with E-state index in [-0.39, 0.29) is 17.3 Å². The highest BCUT2D eigenvalue weighted by atomic mass is 32.2. The van der Waals surface area contributed by atoms with Gasteiger partial charge in [-0.05, 0) is 36.6 Å². The van der Waals surface area contributed by atoms with Gasteiger partial charge in [0.25, 0.3) is 0 Å². The van der Waals surface area contributed by atoms with E-state index in [4.69, 9.17) is 4.74 Å². The first-order chi connectivity index (χ1) is 14.1. The fourth-order valence-corrected chi connectivity index (χ4v) is 3.54. The molecule has 0 aliphatic rings. The van der Waals surface area contributed by atoms with Crippen LogP contribution in [-0.4, -0.2) is 39.6 Å². The van der Waals surface area contributed by atoms with Crippen LogP contribution in [0.15, 0.2) is 64.5 Å². The lowest BCUT2D eigenvalue weighted by molar-refractivity contribution is -0.118. The van der Waals surface area contributed by atoms with Crippen LogP contribution in [0.2, 0.25) is 0 Å². The van der Waals surface area contributed by atoms with Crippen LogP contribution in [0.1, 0.15) is 11.1 Å². The maximum atomic E-state index is 12.1. The van der Waals surface area contributed by atoms with Crippen molar-refractivity contribution in [1.82, 2.24) is 20.1 Å². The van der Waals surface area contributed by atoms with Crippen molar-refractivity contribution >= 4 is 17.7 Å². The van der Waals surface area contributed by atoms with Gasteiger partial charge in [0.2, 0.25) is 5.91 Å². The van der Waals surface area contributed by atoms with E-state index in [9.17, 15) is 9.59 Å². The smallest absolute Gasteiger partial charge is 0.343 e. The summed E-state index contributed by atoms with van der Waals surface area (Å²) in [5, 5.41) is 9.81. The van der Waals surface area contributed by atoms with Crippen molar-refractivity contribution in [2.24, 2.45) is 0 Å². The van der Waals surface area contributed by atoms with Crippen molar-refractivity contribution in [1.29, 1.82) is 0 Å². The second kappa shape index (κ2) is 10.5. The number of nitrogens with zero attached hydrogens (tertiary/aromatic N) is 2. The first-order valence-electron chi connectivity index (χ1n) is 9.40. The predicted molar refractivity (Wildman–Crippen MR) is 113 cm³/mol. The molecule has 1 amide bonds. The number of carbonyl (C=O) groups excluding carboxylic acids is 1.